The van der Waals surface area contributed by atoms with E-state index in [1.165, 1.54) is 24.2 Å². The molecule has 0 spiro atoms. The van der Waals surface area contributed by atoms with Gasteiger partial charge in [0.25, 0.3) is 0 Å². The first-order chi connectivity index (χ1) is 12.6. The van der Waals surface area contributed by atoms with Crippen LogP contribution in [0.1, 0.15) is 12.5 Å². The molecular weight excluding hydrogens is 352 g/mol. The van der Waals surface area contributed by atoms with Crippen molar-refractivity contribution in [3.8, 4) is 5.75 Å². The van der Waals surface area contributed by atoms with Gasteiger partial charge < -0.3 is 10.1 Å². The number of amidine groups is 1. The van der Waals surface area contributed by atoms with E-state index in [1.54, 1.807) is 19.3 Å². The summed E-state index contributed by atoms with van der Waals surface area (Å²) in [5.41, 5.74) is 2.47. The van der Waals surface area contributed by atoms with Crippen LogP contribution in [0.15, 0.2) is 69.3 Å². The zero-order chi connectivity index (χ0) is 18.5. The standard InChI is InChI=1S/C18H18N4O3S/c1-3-19-17(23)21-18-20-15(12-4-6-14(25-2)7-5-12)16(26-18)13-8-10-22(24)11-9-13/h4-11,24H,3H2,1-2H3,(H,19,23). The second-order valence-corrected chi connectivity index (χ2v) is 6.29. The first kappa shape index (κ1) is 18.0. The number of amides is 2. The smallest absolute Gasteiger partial charge is 0.343 e. The lowest BCUT2D eigenvalue weighted by molar-refractivity contribution is 0.0105. The van der Waals surface area contributed by atoms with Crippen molar-refractivity contribution in [3.63, 3.8) is 0 Å². The van der Waals surface area contributed by atoms with Crippen LogP contribution in [0.25, 0.3) is 0 Å². The van der Waals surface area contributed by atoms with Gasteiger partial charge in [-0.25, -0.2) is 14.9 Å². The summed E-state index contributed by atoms with van der Waals surface area (Å²) >= 11 is 1.32. The first-order valence-corrected chi connectivity index (χ1v) is 8.78. The topological polar surface area (TPSA) is 86.5 Å². The average Bonchev–Trinajstić information content (AvgIpc) is 3.06. The minimum atomic E-state index is -0.421. The van der Waals surface area contributed by atoms with Gasteiger partial charge in [-0.3, -0.25) is 5.21 Å². The van der Waals surface area contributed by atoms with Crippen molar-refractivity contribution in [2.24, 2.45) is 9.98 Å². The molecule has 3 rings (SSSR count). The van der Waals surface area contributed by atoms with E-state index in [2.05, 4.69) is 15.3 Å². The lowest BCUT2D eigenvalue weighted by Crippen LogP contribution is -2.19. The third kappa shape index (κ3) is 4.04. The Balaban J connectivity index is 2.01. The number of allylic oxidation sites excluding steroid dienone is 4. The zero-order valence-electron chi connectivity index (χ0n) is 14.3. The molecule has 0 atom stereocenters. The predicted octanol–water partition coefficient (Wildman–Crippen LogP) is 3.30. The summed E-state index contributed by atoms with van der Waals surface area (Å²) in [4.78, 5) is 21.2. The van der Waals surface area contributed by atoms with Crippen molar-refractivity contribution in [1.29, 1.82) is 0 Å². The van der Waals surface area contributed by atoms with Gasteiger partial charge in [0, 0.05) is 29.4 Å². The molecule has 1 aromatic rings. The van der Waals surface area contributed by atoms with E-state index in [-0.39, 0.29) is 0 Å². The maximum Gasteiger partial charge on any atom is 0.343 e. The maximum absolute atomic E-state index is 11.8. The van der Waals surface area contributed by atoms with Crippen LogP contribution in [0.4, 0.5) is 4.79 Å². The number of hydrogen-bond acceptors (Lipinski definition) is 5. The number of nitrogens with one attached hydrogen (secondary N) is 1. The second kappa shape index (κ2) is 8.03. The van der Waals surface area contributed by atoms with E-state index in [0.29, 0.717) is 11.7 Å². The highest BCUT2D eigenvalue weighted by atomic mass is 32.2. The number of urea groups is 1. The van der Waals surface area contributed by atoms with Crippen LogP contribution in [0.3, 0.4) is 0 Å². The summed E-state index contributed by atoms with van der Waals surface area (Å²) in [6.07, 6.45) is 6.62. The Labute approximate surface area is 155 Å². The second-order valence-electron chi connectivity index (χ2n) is 5.32. The maximum atomic E-state index is 11.8. The van der Waals surface area contributed by atoms with Gasteiger partial charge in [0.1, 0.15) is 5.75 Å². The van der Waals surface area contributed by atoms with E-state index in [9.17, 15) is 10.0 Å². The monoisotopic (exact) mass is 370 g/mol. The number of thioether (sulfide) groups is 1. The van der Waals surface area contributed by atoms with Crippen LogP contribution in [0, 0.1) is 0 Å². The number of methoxy groups -OCH3 is 1. The molecule has 0 radical (unpaired) electrons. The van der Waals surface area contributed by atoms with E-state index in [4.69, 9.17) is 4.74 Å². The zero-order valence-corrected chi connectivity index (χ0v) is 15.2. The summed E-state index contributed by atoms with van der Waals surface area (Å²) in [6, 6.07) is 7.10. The van der Waals surface area contributed by atoms with Crippen molar-refractivity contribution in [2.75, 3.05) is 13.7 Å². The van der Waals surface area contributed by atoms with Gasteiger partial charge in [0.2, 0.25) is 0 Å². The molecule has 8 heteroatoms. The van der Waals surface area contributed by atoms with E-state index >= 15 is 0 Å². The molecule has 2 aliphatic heterocycles. The molecule has 0 bridgehead atoms. The summed E-state index contributed by atoms with van der Waals surface area (Å²) < 4.78 is 5.20. The normalized spacial score (nSPS) is 17.7. The number of carbonyl (C=O) groups is 1. The van der Waals surface area contributed by atoms with Gasteiger partial charge in [0.15, 0.2) is 5.17 Å². The number of ether oxygens (including phenoxy) is 1. The Hall–Kier alpha value is -2.84. The lowest BCUT2D eigenvalue weighted by Gasteiger charge is -2.12. The Morgan fingerprint density at radius 2 is 2.00 bits per heavy atom. The van der Waals surface area contributed by atoms with Gasteiger partial charge in [-0.2, -0.15) is 4.99 Å². The molecule has 0 saturated heterocycles. The van der Waals surface area contributed by atoms with Crippen LogP contribution < -0.4 is 10.1 Å². The highest BCUT2D eigenvalue weighted by Gasteiger charge is 2.25. The molecule has 1 aromatic carbocycles. The van der Waals surface area contributed by atoms with Crippen LogP contribution in [-0.4, -0.2) is 40.8 Å². The summed E-state index contributed by atoms with van der Waals surface area (Å²) in [7, 11) is 1.61. The Bertz CT molecular complexity index is 838. The Morgan fingerprint density at radius 3 is 2.62 bits per heavy atom. The number of carbonyl (C=O) groups excluding carboxylic acids is 1. The minimum Gasteiger partial charge on any atom is -0.497 e. The molecular formula is C18H18N4O3S. The van der Waals surface area contributed by atoms with Crippen LogP contribution in [0.2, 0.25) is 0 Å². The third-order valence-corrected chi connectivity index (χ3v) is 4.58. The summed E-state index contributed by atoms with van der Waals surface area (Å²) in [5.74, 6) is 0.749. The first-order valence-electron chi connectivity index (χ1n) is 7.96. The van der Waals surface area contributed by atoms with Gasteiger partial charge in [-0.15, -0.1) is 0 Å². The molecule has 2 aliphatic rings. The van der Waals surface area contributed by atoms with Crippen molar-refractivity contribution in [2.45, 2.75) is 6.92 Å². The molecule has 2 N–H and O–H groups in total. The molecule has 0 fully saturated rings. The number of benzene rings is 1. The fraction of sp³-hybridized carbons (Fsp3) is 0.167. The molecule has 0 aliphatic carbocycles. The molecule has 0 saturated carbocycles. The number of hydrogen-bond donors (Lipinski definition) is 2. The number of hydroxylamine groups is 2. The van der Waals surface area contributed by atoms with Crippen LogP contribution in [-0.2, 0) is 0 Å². The van der Waals surface area contributed by atoms with Crippen molar-refractivity contribution in [3.05, 3.63) is 64.9 Å². The van der Waals surface area contributed by atoms with Gasteiger partial charge >= 0.3 is 6.03 Å². The summed E-state index contributed by atoms with van der Waals surface area (Å²) in [5, 5.41) is 13.4. The molecule has 2 amide bonds. The minimum absolute atomic E-state index is 0.373. The van der Waals surface area contributed by atoms with Crippen LogP contribution in [0.5, 0.6) is 5.75 Å². The van der Waals surface area contributed by atoms with E-state index in [1.807, 2.05) is 31.2 Å². The highest BCUT2D eigenvalue weighted by Crippen LogP contribution is 2.35. The molecule has 2 heterocycles. The Kier molecular flexibility index (Phi) is 5.55. The molecule has 134 valence electrons. The van der Waals surface area contributed by atoms with E-state index < -0.39 is 6.03 Å². The Morgan fingerprint density at radius 1 is 1.31 bits per heavy atom. The van der Waals surface area contributed by atoms with Crippen molar-refractivity contribution in [1.82, 2.24) is 10.4 Å². The summed E-state index contributed by atoms with van der Waals surface area (Å²) in [6.45, 7) is 2.33. The molecule has 26 heavy (non-hydrogen) atoms. The van der Waals surface area contributed by atoms with Gasteiger partial charge in [0.05, 0.1) is 12.8 Å². The molecule has 0 unspecified atom stereocenters. The van der Waals surface area contributed by atoms with Crippen LogP contribution >= 0.6 is 11.8 Å². The molecule has 0 aromatic heterocycles. The van der Waals surface area contributed by atoms with Gasteiger partial charge in [-0.1, -0.05) is 0 Å². The highest BCUT2D eigenvalue weighted by molar-refractivity contribution is 8.18. The fourth-order valence-electron chi connectivity index (χ4n) is 2.34. The quantitative estimate of drug-likeness (QED) is 0.852. The number of nitrogens with zero attached hydrogens (tertiary/aromatic N) is 3. The number of aliphatic imine (C=N–C) groups is 2. The SMILES string of the molecule is CCNC(=O)N=C1N=C(c2ccc(OC)cc2)C(=C2C=CN(O)C=C2)S1. The average molecular weight is 370 g/mol. The third-order valence-electron chi connectivity index (χ3n) is 3.58. The predicted molar refractivity (Wildman–Crippen MR) is 103 cm³/mol. The lowest BCUT2D eigenvalue weighted by atomic mass is 10.1. The van der Waals surface area contributed by atoms with Gasteiger partial charge in [-0.05, 0) is 60.7 Å². The number of rotatable bonds is 3. The van der Waals surface area contributed by atoms with Crippen molar-refractivity contribution < 1.29 is 14.7 Å². The van der Waals surface area contributed by atoms with E-state index in [0.717, 1.165) is 32.6 Å². The fourth-order valence-corrected chi connectivity index (χ4v) is 3.31. The largest absolute Gasteiger partial charge is 0.497 e. The molecule has 7 nitrogen and oxygen atoms in total. The van der Waals surface area contributed by atoms with Crippen molar-refractivity contribution >= 4 is 28.7 Å².